The number of para-hydroxylation sites is 2. The highest BCUT2D eigenvalue weighted by Gasteiger charge is 2.36. The first-order valence-corrected chi connectivity index (χ1v) is 13.7. The first-order chi connectivity index (χ1) is 19.6. The maximum atomic E-state index is 14.3. The van der Waals surface area contributed by atoms with Crippen molar-refractivity contribution < 1.29 is 18.7 Å². The van der Waals surface area contributed by atoms with Gasteiger partial charge in [0, 0.05) is 16.5 Å². The Morgan fingerprint density at radius 3 is 2.55 bits per heavy atom. The molecule has 0 saturated carbocycles. The van der Waals surface area contributed by atoms with E-state index in [0.717, 1.165) is 5.56 Å². The third-order valence-corrected chi connectivity index (χ3v) is 7.48. The van der Waals surface area contributed by atoms with Crippen LogP contribution in [-0.4, -0.2) is 23.2 Å². The smallest absolute Gasteiger partial charge is 0.276 e. The molecule has 2 aliphatic heterocycles. The van der Waals surface area contributed by atoms with E-state index in [0.29, 0.717) is 56.4 Å². The number of carbonyl (C=O) groups is 1. The number of methoxy groups -OCH3 is 1. The minimum Gasteiger partial charge on any atom is -0.493 e. The molecule has 200 valence electrons. The summed E-state index contributed by atoms with van der Waals surface area (Å²) in [4.78, 5) is 18.5. The maximum Gasteiger partial charge on any atom is 0.276 e. The SMILES string of the molecule is COc1cccc(C2N=c3ccccc3=C3C(=O)NC(SCc4ccccc4F)=NN32)c1OCc1ccccc1. The van der Waals surface area contributed by atoms with Gasteiger partial charge in [-0.3, -0.25) is 15.1 Å². The van der Waals surface area contributed by atoms with Crippen LogP contribution in [0.4, 0.5) is 4.39 Å². The van der Waals surface area contributed by atoms with E-state index in [1.807, 2.05) is 72.8 Å². The van der Waals surface area contributed by atoms with E-state index in [2.05, 4.69) is 5.32 Å². The average molecular weight is 553 g/mol. The topological polar surface area (TPSA) is 75.5 Å². The second-order valence-electron chi connectivity index (χ2n) is 9.11. The van der Waals surface area contributed by atoms with Gasteiger partial charge in [0.2, 0.25) is 0 Å². The van der Waals surface area contributed by atoms with Gasteiger partial charge >= 0.3 is 0 Å². The van der Waals surface area contributed by atoms with Crippen molar-refractivity contribution in [1.82, 2.24) is 10.3 Å². The summed E-state index contributed by atoms with van der Waals surface area (Å²) in [6.45, 7) is 0.321. The first kappa shape index (κ1) is 25.6. The Labute approximate surface area is 234 Å². The molecule has 0 aromatic heterocycles. The predicted octanol–water partition coefficient (Wildman–Crippen LogP) is 4.49. The number of amidine groups is 1. The number of halogens is 1. The molecule has 1 atom stereocenters. The highest BCUT2D eigenvalue weighted by Crippen LogP contribution is 2.41. The van der Waals surface area contributed by atoms with E-state index in [4.69, 9.17) is 19.6 Å². The Morgan fingerprint density at radius 1 is 0.950 bits per heavy atom. The molecule has 2 heterocycles. The zero-order chi connectivity index (χ0) is 27.5. The van der Waals surface area contributed by atoms with Crippen molar-refractivity contribution in [3.63, 3.8) is 0 Å². The van der Waals surface area contributed by atoms with Crippen LogP contribution in [-0.2, 0) is 17.2 Å². The van der Waals surface area contributed by atoms with Gasteiger partial charge in [-0.05, 0) is 29.3 Å². The van der Waals surface area contributed by atoms with Crippen LogP contribution in [0.15, 0.2) is 107 Å². The quantitative estimate of drug-likeness (QED) is 0.366. The van der Waals surface area contributed by atoms with E-state index in [-0.39, 0.29) is 11.7 Å². The lowest BCUT2D eigenvalue weighted by atomic mass is 10.1. The van der Waals surface area contributed by atoms with Gasteiger partial charge < -0.3 is 9.47 Å². The zero-order valence-corrected chi connectivity index (χ0v) is 22.4. The molecule has 0 saturated heterocycles. The fourth-order valence-corrected chi connectivity index (χ4v) is 5.47. The van der Waals surface area contributed by atoms with Gasteiger partial charge in [0.15, 0.2) is 22.8 Å². The molecule has 0 radical (unpaired) electrons. The van der Waals surface area contributed by atoms with E-state index in [1.165, 1.54) is 17.8 Å². The van der Waals surface area contributed by atoms with E-state index in [9.17, 15) is 9.18 Å². The van der Waals surface area contributed by atoms with Gasteiger partial charge in [0.05, 0.1) is 12.5 Å². The van der Waals surface area contributed by atoms with Crippen molar-refractivity contribution in [2.45, 2.75) is 18.5 Å². The first-order valence-electron chi connectivity index (χ1n) is 12.7. The number of carbonyl (C=O) groups excluding carboxylic acids is 1. The Kier molecular flexibility index (Phi) is 7.20. The number of fused-ring (bicyclic) bond motifs is 2. The van der Waals surface area contributed by atoms with Gasteiger partial charge in [-0.15, -0.1) is 5.10 Å². The number of hydrazone groups is 1. The minimum absolute atomic E-state index is 0.304. The normalized spacial score (nSPS) is 15.8. The zero-order valence-electron chi connectivity index (χ0n) is 21.6. The van der Waals surface area contributed by atoms with Crippen LogP contribution in [0.2, 0.25) is 0 Å². The molecule has 0 bridgehead atoms. The molecular formula is C31H25FN4O3S. The van der Waals surface area contributed by atoms with Gasteiger partial charge in [-0.1, -0.05) is 90.6 Å². The van der Waals surface area contributed by atoms with Crippen LogP contribution in [0.3, 0.4) is 0 Å². The summed E-state index contributed by atoms with van der Waals surface area (Å²) in [5.74, 6) is 0.749. The van der Waals surface area contributed by atoms with Crippen molar-refractivity contribution >= 4 is 28.5 Å². The van der Waals surface area contributed by atoms with Crippen LogP contribution < -0.4 is 25.4 Å². The molecule has 0 aliphatic carbocycles. The van der Waals surface area contributed by atoms with Crippen molar-refractivity contribution in [2.24, 2.45) is 10.1 Å². The number of thioether (sulfide) groups is 1. The van der Waals surface area contributed by atoms with Gasteiger partial charge in [0.1, 0.15) is 18.1 Å². The molecule has 1 amide bonds. The number of nitrogens with one attached hydrogen (secondary N) is 1. The molecule has 4 aromatic carbocycles. The second-order valence-corrected chi connectivity index (χ2v) is 10.1. The summed E-state index contributed by atoms with van der Waals surface area (Å²) in [5.41, 5.74) is 2.59. The number of benzene rings is 4. The molecule has 4 aromatic rings. The molecular weight excluding hydrogens is 527 g/mol. The predicted molar refractivity (Wildman–Crippen MR) is 152 cm³/mol. The van der Waals surface area contributed by atoms with E-state index < -0.39 is 6.17 Å². The standard InChI is InChI=1S/C31H25FN4O3S/c1-38-26-17-9-14-23(28(26)39-18-20-10-3-2-4-11-20)29-33-25-16-8-6-13-22(25)27-30(37)34-31(35-36(27)29)40-19-21-12-5-7-15-24(21)32/h2-17,29H,18-19H2,1H3,(H,34,35,37). The Balaban J connectivity index is 1.42. The minimum atomic E-state index is -0.708. The lowest BCUT2D eigenvalue weighted by Crippen LogP contribution is -2.50. The largest absolute Gasteiger partial charge is 0.493 e. The molecule has 1 unspecified atom stereocenters. The van der Waals surface area contributed by atoms with E-state index >= 15 is 0 Å². The van der Waals surface area contributed by atoms with Crippen molar-refractivity contribution in [3.05, 3.63) is 130 Å². The number of hydrogen-bond donors (Lipinski definition) is 1. The number of nitrogens with zero attached hydrogens (tertiary/aromatic N) is 3. The molecule has 6 rings (SSSR count). The molecule has 0 fully saturated rings. The summed E-state index contributed by atoms with van der Waals surface area (Å²) in [6.07, 6.45) is -0.708. The summed E-state index contributed by atoms with van der Waals surface area (Å²) in [5, 5.41) is 11.0. The van der Waals surface area contributed by atoms with E-state index in [1.54, 1.807) is 30.3 Å². The molecule has 7 nitrogen and oxygen atoms in total. The van der Waals surface area contributed by atoms with Crippen LogP contribution in [0.5, 0.6) is 11.5 Å². The number of amides is 1. The summed E-state index contributed by atoms with van der Waals surface area (Å²) in [6, 6.07) is 29.4. The fraction of sp³-hybridized carbons (Fsp3) is 0.129. The monoisotopic (exact) mass is 552 g/mol. The Morgan fingerprint density at radius 2 is 1.73 bits per heavy atom. The Bertz CT molecular complexity index is 1730. The molecule has 2 aliphatic rings. The molecule has 9 heteroatoms. The van der Waals surface area contributed by atoms with Crippen molar-refractivity contribution in [1.29, 1.82) is 0 Å². The van der Waals surface area contributed by atoms with Crippen LogP contribution in [0, 0.1) is 5.82 Å². The highest BCUT2D eigenvalue weighted by atomic mass is 32.2. The molecule has 0 spiro atoms. The molecule has 40 heavy (non-hydrogen) atoms. The lowest BCUT2D eigenvalue weighted by Gasteiger charge is -2.34. The van der Waals surface area contributed by atoms with Gasteiger partial charge in [0.25, 0.3) is 5.91 Å². The molecule has 1 N–H and O–H groups in total. The van der Waals surface area contributed by atoms with Crippen LogP contribution in [0.1, 0.15) is 22.9 Å². The van der Waals surface area contributed by atoms with Crippen molar-refractivity contribution in [3.8, 4) is 11.5 Å². The third kappa shape index (κ3) is 5.03. The highest BCUT2D eigenvalue weighted by molar-refractivity contribution is 8.13. The summed E-state index contributed by atoms with van der Waals surface area (Å²) >= 11 is 1.25. The van der Waals surface area contributed by atoms with Gasteiger partial charge in [-0.25, -0.2) is 9.40 Å². The lowest BCUT2D eigenvalue weighted by molar-refractivity contribution is -0.116. The number of rotatable bonds is 7. The number of ether oxygens (including phenoxy) is 2. The number of hydrogen-bond acceptors (Lipinski definition) is 7. The second kappa shape index (κ2) is 11.2. The summed E-state index contributed by atoms with van der Waals surface area (Å²) < 4.78 is 26.2. The van der Waals surface area contributed by atoms with Crippen molar-refractivity contribution in [2.75, 3.05) is 7.11 Å². The van der Waals surface area contributed by atoms with Gasteiger partial charge in [-0.2, -0.15) is 0 Å². The third-order valence-electron chi connectivity index (χ3n) is 6.57. The maximum absolute atomic E-state index is 14.3. The average Bonchev–Trinajstić information content (AvgIpc) is 2.99. The summed E-state index contributed by atoms with van der Waals surface area (Å²) in [7, 11) is 1.59. The van der Waals surface area contributed by atoms with Crippen LogP contribution in [0.25, 0.3) is 5.70 Å². The Hall–Kier alpha value is -4.63. The van der Waals surface area contributed by atoms with Crippen LogP contribution >= 0.6 is 11.8 Å². The fourth-order valence-electron chi connectivity index (χ4n) is 4.64.